The third-order valence-electron chi connectivity index (χ3n) is 5.41. The van der Waals surface area contributed by atoms with Crippen molar-refractivity contribution in [1.82, 2.24) is 14.9 Å². The topological polar surface area (TPSA) is 78.8 Å². The second-order valence-electron chi connectivity index (χ2n) is 7.06. The maximum absolute atomic E-state index is 12.3. The quantitative estimate of drug-likeness (QED) is 0.643. The number of hydrogen-bond acceptors (Lipinski definition) is 7. The molecule has 0 atom stereocenters. The van der Waals surface area contributed by atoms with Gasteiger partial charge in [0.1, 0.15) is 10.4 Å². The van der Waals surface area contributed by atoms with Gasteiger partial charge in [0.2, 0.25) is 0 Å². The molecule has 0 bridgehead atoms. The third-order valence-corrected chi connectivity index (χ3v) is 7.83. The summed E-state index contributed by atoms with van der Waals surface area (Å²) in [5, 5.41) is 1.02. The van der Waals surface area contributed by atoms with Crippen LogP contribution in [0.5, 0.6) is 0 Å². The molecular formula is C19H19N5O2S2. The first-order chi connectivity index (χ1) is 13.5. The number of sulfonamides is 1. The van der Waals surface area contributed by atoms with Gasteiger partial charge in [-0.05, 0) is 31.0 Å². The Labute approximate surface area is 167 Å². The van der Waals surface area contributed by atoms with Crippen LogP contribution in [-0.4, -0.2) is 55.3 Å². The Morgan fingerprint density at radius 2 is 1.96 bits per heavy atom. The Morgan fingerprint density at radius 1 is 1.18 bits per heavy atom. The standard InChI is InChI=1S/C19H19N5O2S2/c1-23(18-14-4-2-3-5-17(14)28(25,26)22-18)13-7-10-24(11-8-13)19-21-15-12-20-9-6-16(15)27-19/h2-6,9,12-13H,7-8,10-11H2,1H3. The SMILES string of the molecule is CN(C1=NS(=O)(=O)c2ccccc21)C1CCN(c2nc3cnccc3s2)CC1. The molecule has 2 aromatic heterocycles. The van der Waals surface area contributed by atoms with Gasteiger partial charge in [0.15, 0.2) is 11.0 Å². The zero-order chi connectivity index (χ0) is 19.3. The summed E-state index contributed by atoms with van der Waals surface area (Å²) < 4.78 is 29.9. The summed E-state index contributed by atoms with van der Waals surface area (Å²) in [5.41, 5.74) is 1.63. The molecule has 0 spiro atoms. The Balaban J connectivity index is 1.33. The molecule has 28 heavy (non-hydrogen) atoms. The number of anilines is 1. The maximum atomic E-state index is 12.3. The van der Waals surface area contributed by atoms with E-state index in [-0.39, 0.29) is 6.04 Å². The first-order valence-corrected chi connectivity index (χ1v) is 11.4. The van der Waals surface area contributed by atoms with Gasteiger partial charge in [0, 0.05) is 37.9 Å². The highest BCUT2D eigenvalue weighted by atomic mass is 32.2. The number of aromatic nitrogens is 2. The molecule has 0 amide bonds. The number of nitrogens with zero attached hydrogens (tertiary/aromatic N) is 5. The van der Waals surface area contributed by atoms with Crippen molar-refractivity contribution < 1.29 is 8.42 Å². The van der Waals surface area contributed by atoms with Gasteiger partial charge in [-0.2, -0.15) is 8.42 Å². The highest BCUT2D eigenvalue weighted by molar-refractivity contribution is 7.90. The molecule has 2 aliphatic rings. The van der Waals surface area contributed by atoms with Gasteiger partial charge in [0.25, 0.3) is 10.0 Å². The number of fused-ring (bicyclic) bond motifs is 2. The Kier molecular flexibility index (Phi) is 4.09. The van der Waals surface area contributed by atoms with E-state index in [9.17, 15) is 8.42 Å². The Morgan fingerprint density at radius 3 is 2.75 bits per heavy atom. The van der Waals surface area contributed by atoms with E-state index in [2.05, 4.69) is 14.3 Å². The monoisotopic (exact) mass is 413 g/mol. The second kappa shape index (κ2) is 6.52. The molecule has 0 unspecified atom stereocenters. The lowest BCUT2D eigenvalue weighted by atomic mass is 10.0. The number of pyridine rings is 1. The fourth-order valence-corrected chi connectivity index (χ4v) is 6.09. The summed E-state index contributed by atoms with van der Waals surface area (Å²) in [6.45, 7) is 1.76. The molecule has 0 saturated carbocycles. The molecule has 1 aromatic carbocycles. The van der Waals surface area contributed by atoms with Crippen molar-refractivity contribution in [3.05, 3.63) is 48.3 Å². The summed E-state index contributed by atoms with van der Waals surface area (Å²) in [6.07, 6.45) is 5.43. The fourth-order valence-electron chi connectivity index (χ4n) is 3.86. The Bertz CT molecular complexity index is 1150. The minimum absolute atomic E-state index is 0.243. The van der Waals surface area contributed by atoms with Crippen LogP contribution in [0.1, 0.15) is 18.4 Å². The van der Waals surface area contributed by atoms with Crippen molar-refractivity contribution >= 4 is 42.5 Å². The number of thiazole rings is 1. The van der Waals surface area contributed by atoms with Gasteiger partial charge in [0.05, 0.1) is 10.9 Å². The average molecular weight is 414 g/mol. The van der Waals surface area contributed by atoms with E-state index in [4.69, 9.17) is 4.98 Å². The second-order valence-corrected chi connectivity index (χ2v) is 9.64. The normalized spacial score (nSPS) is 18.9. The van der Waals surface area contributed by atoms with Crippen LogP contribution < -0.4 is 4.90 Å². The minimum Gasteiger partial charge on any atom is -0.355 e. The first-order valence-electron chi connectivity index (χ1n) is 9.16. The van der Waals surface area contributed by atoms with Crippen molar-refractivity contribution in [2.45, 2.75) is 23.8 Å². The zero-order valence-electron chi connectivity index (χ0n) is 15.3. The van der Waals surface area contributed by atoms with Crippen LogP contribution >= 0.6 is 11.3 Å². The van der Waals surface area contributed by atoms with Crippen LogP contribution in [0.25, 0.3) is 10.2 Å². The molecule has 3 aromatic rings. The summed E-state index contributed by atoms with van der Waals surface area (Å²) in [5.74, 6) is 0.556. The van der Waals surface area contributed by atoms with E-state index >= 15 is 0 Å². The maximum Gasteiger partial charge on any atom is 0.285 e. The van der Waals surface area contributed by atoms with Crippen LogP contribution in [0.15, 0.2) is 52.0 Å². The number of hydrogen-bond donors (Lipinski definition) is 0. The van der Waals surface area contributed by atoms with Crippen LogP contribution in [-0.2, 0) is 10.0 Å². The van der Waals surface area contributed by atoms with E-state index < -0.39 is 10.0 Å². The summed E-state index contributed by atoms with van der Waals surface area (Å²) >= 11 is 1.69. The van der Waals surface area contributed by atoms with Crippen LogP contribution in [0.3, 0.4) is 0 Å². The molecule has 7 nitrogen and oxygen atoms in total. The van der Waals surface area contributed by atoms with Gasteiger partial charge < -0.3 is 9.80 Å². The van der Waals surface area contributed by atoms with E-state index in [0.29, 0.717) is 16.3 Å². The van der Waals surface area contributed by atoms with Crippen LogP contribution in [0.4, 0.5) is 5.13 Å². The highest BCUT2D eigenvalue weighted by Gasteiger charge is 2.34. The minimum atomic E-state index is -3.59. The van der Waals surface area contributed by atoms with Gasteiger partial charge in [-0.15, -0.1) is 4.40 Å². The van der Waals surface area contributed by atoms with Crippen molar-refractivity contribution in [3.8, 4) is 0 Å². The first kappa shape index (κ1) is 17.6. The lowest BCUT2D eigenvalue weighted by Gasteiger charge is -2.37. The smallest absolute Gasteiger partial charge is 0.285 e. The van der Waals surface area contributed by atoms with Crippen molar-refractivity contribution in [3.63, 3.8) is 0 Å². The van der Waals surface area contributed by atoms with Crippen molar-refractivity contribution in [2.75, 3.05) is 25.0 Å². The number of piperidine rings is 1. The van der Waals surface area contributed by atoms with E-state index in [1.165, 1.54) is 0 Å². The number of amidine groups is 1. The molecule has 5 rings (SSSR count). The van der Waals surface area contributed by atoms with Crippen molar-refractivity contribution in [2.24, 2.45) is 4.40 Å². The molecule has 0 aliphatic carbocycles. The Hall–Kier alpha value is -2.52. The molecule has 4 heterocycles. The van der Waals surface area contributed by atoms with Crippen molar-refractivity contribution in [1.29, 1.82) is 0 Å². The lowest BCUT2D eigenvalue weighted by Crippen LogP contribution is -2.45. The van der Waals surface area contributed by atoms with E-state index in [1.807, 2.05) is 30.1 Å². The molecule has 2 aliphatic heterocycles. The number of rotatable bonds is 2. The van der Waals surface area contributed by atoms with Gasteiger partial charge in [-0.1, -0.05) is 23.5 Å². The summed E-state index contributed by atoms with van der Waals surface area (Å²) in [6, 6.07) is 9.29. The highest BCUT2D eigenvalue weighted by Crippen LogP contribution is 2.32. The molecular weight excluding hydrogens is 394 g/mol. The zero-order valence-corrected chi connectivity index (χ0v) is 16.9. The molecule has 144 valence electrons. The predicted molar refractivity (Wildman–Crippen MR) is 111 cm³/mol. The van der Waals surface area contributed by atoms with Gasteiger partial charge in [-0.25, -0.2) is 4.98 Å². The van der Waals surface area contributed by atoms with E-state index in [1.54, 1.807) is 35.9 Å². The fraction of sp³-hybridized carbons (Fsp3) is 0.316. The molecule has 1 fully saturated rings. The van der Waals surface area contributed by atoms with E-state index in [0.717, 1.165) is 41.3 Å². The largest absolute Gasteiger partial charge is 0.355 e. The predicted octanol–water partition coefficient (Wildman–Crippen LogP) is 2.74. The summed E-state index contributed by atoms with van der Waals surface area (Å²) in [7, 11) is -1.64. The van der Waals surface area contributed by atoms with Gasteiger partial charge in [-0.3, -0.25) is 4.98 Å². The van der Waals surface area contributed by atoms with Gasteiger partial charge >= 0.3 is 0 Å². The number of benzene rings is 1. The third kappa shape index (κ3) is 2.85. The summed E-state index contributed by atoms with van der Waals surface area (Å²) in [4.78, 5) is 13.5. The van der Waals surface area contributed by atoms with Crippen LogP contribution in [0, 0.1) is 0 Å². The van der Waals surface area contributed by atoms with Crippen LogP contribution in [0.2, 0.25) is 0 Å². The molecule has 0 radical (unpaired) electrons. The average Bonchev–Trinajstić information content (AvgIpc) is 3.27. The lowest BCUT2D eigenvalue weighted by molar-refractivity contribution is 0.306. The molecule has 1 saturated heterocycles. The molecule has 9 heteroatoms. The molecule has 0 N–H and O–H groups in total.